The molecule has 0 aromatic heterocycles. The van der Waals surface area contributed by atoms with Gasteiger partial charge >= 0.3 is 0 Å². The maximum Gasteiger partial charge on any atom is 0.192 e. The Morgan fingerprint density at radius 1 is 1.24 bits per heavy atom. The molecule has 0 bridgehead atoms. The van der Waals surface area contributed by atoms with Gasteiger partial charge in [0.2, 0.25) is 0 Å². The molecule has 0 rings (SSSR count). The molecule has 0 unspecified atom stereocenters. The molecule has 6 heteroatoms. The first-order chi connectivity index (χ1) is 9.31. The van der Waals surface area contributed by atoms with Crippen LogP contribution < -0.4 is 0 Å². The molecule has 124 valence electrons. The van der Waals surface area contributed by atoms with Gasteiger partial charge in [0.15, 0.2) is 8.32 Å². The minimum atomic E-state index is -2.07. The van der Waals surface area contributed by atoms with Gasteiger partial charge < -0.3 is 9.53 Å². The van der Waals surface area contributed by atoms with Gasteiger partial charge in [-0.1, -0.05) is 53.1 Å². The molecular formula is C15H33N3O2Si. The summed E-state index contributed by atoms with van der Waals surface area (Å²) in [6, 6.07) is -0.409. The highest BCUT2D eigenvalue weighted by Gasteiger charge is 2.47. The number of hydrogen-bond donors (Lipinski definition) is 1. The summed E-state index contributed by atoms with van der Waals surface area (Å²) in [5.41, 5.74) is 7.71. The third-order valence-electron chi connectivity index (χ3n) is 5.09. The fraction of sp³-hybridized carbons (Fsp3) is 1.00. The van der Waals surface area contributed by atoms with Gasteiger partial charge in [-0.05, 0) is 36.5 Å². The van der Waals surface area contributed by atoms with Crippen LogP contribution >= 0.6 is 0 Å². The van der Waals surface area contributed by atoms with E-state index in [1.807, 2.05) is 20.8 Å². The van der Waals surface area contributed by atoms with Crippen molar-refractivity contribution in [2.45, 2.75) is 90.8 Å². The maximum absolute atomic E-state index is 11.0. The molecule has 0 aliphatic heterocycles. The Morgan fingerprint density at radius 3 is 2.05 bits per heavy atom. The molecule has 0 aliphatic rings. The van der Waals surface area contributed by atoms with Crippen molar-refractivity contribution in [3.63, 3.8) is 0 Å². The lowest BCUT2D eigenvalue weighted by Crippen LogP contribution is -2.57. The minimum absolute atomic E-state index is 0.0346. The molecule has 1 N–H and O–H groups in total. The van der Waals surface area contributed by atoms with Gasteiger partial charge in [0.25, 0.3) is 0 Å². The molecular weight excluding hydrogens is 282 g/mol. The molecule has 21 heavy (non-hydrogen) atoms. The van der Waals surface area contributed by atoms with Crippen LogP contribution in [0.2, 0.25) is 18.1 Å². The molecule has 0 fully saturated rings. The first-order valence-electron chi connectivity index (χ1n) is 7.75. The molecule has 0 spiro atoms. The van der Waals surface area contributed by atoms with Gasteiger partial charge in [-0.15, -0.1) is 0 Å². The van der Waals surface area contributed by atoms with E-state index in [0.29, 0.717) is 0 Å². The molecule has 0 aliphatic carbocycles. The molecule has 0 heterocycles. The first-order valence-corrected chi connectivity index (χ1v) is 10.7. The molecule has 4 atom stereocenters. The summed E-state index contributed by atoms with van der Waals surface area (Å²) in [6.07, 6.45) is 0.345. The molecule has 0 radical (unpaired) electrons. The zero-order chi connectivity index (χ0) is 17.1. The SMILES string of the molecule is CC[C@@H](C)[C@@](C)(O)[C@H](O[Si](C)(C)C(C)(C)C)[C@@H](C)N=[N+]=[N-]. The van der Waals surface area contributed by atoms with Crippen LogP contribution in [0.4, 0.5) is 0 Å². The molecule has 0 amide bonds. The Morgan fingerprint density at radius 2 is 1.71 bits per heavy atom. The van der Waals surface area contributed by atoms with Gasteiger partial charge in [-0.25, -0.2) is 0 Å². The number of azide groups is 1. The lowest BCUT2D eigenvalue weighted by molar-refractivity contribution is -0.0974. The van der Waals surface area contributed by atoms with Crippen LogP contribution in [0.25, 0.3) is 10.4 Å². The summed E-state index contributed by atoms with van der Waals surface area (Å²) in [5.74, 6) is 0.0589. The van der Waals surface area contributed by atoms with Crippen LogP contribution in [0.1, 0.15) is 54.9 Å². The monoisotopic (exact) mass is 315 g/mol. The van der Waals surface area contributed by atoms with E-state index in [1.54, 1.807) is 6.92 Å². The molecule has 0 aromatic rings. The van der Waals surface area contributed by atoms with E-state index in [4.69, 9.17) is 9.96 Å². The summed E-state index contributed by atoms with van der Waals surface area (Å²) in [7, 11) is -2.07. The van der Waals surface area contributed by atoms with Crippen molar-refractivity contribution in [2.75, 3.05) is 0 Å². The second-order valence-electron chi connectivity index (χ2n) is 7.78. The van der Waals surface area contributed by atoms with E-state index in [1.165, 1.54) is 0 Å². The number of aliphatic hydroxyl groups is 1. The van der Waals surface area contributed by atoms with E-state index in [0.717, 1.165) is 6.42 Å². The fourth-order valence-electron chi connectivity index (χ4n) is 2.04. The van der Waals surface area contributed by atoms with Crippen molar-refractivity contribution >= 4 is 8.32 Å². The predicted octanol–water partition coefficient (Wildman–Crippen LogP) is 4.87. The van der Waals surface area contributed by atoms with Crippen LogP contribution in [-0.2, 0) is 4.43 Å². The molecule has 0 saturated carbocycles. The van der Waals surface area contributed by atoms with E-state index in [2.05, 4.69) is 43.9 Å². The maximum atomic E-state index is 11.0. The molecule has 0 aromatic carbocycles. The van der Waals surface area contributed by atoms with Gasteiger partial charge in [0.05, 0.1) is 17.7 Å². The average Bonchev–Trinajstić information content (AvgIpc) is 2.33. The fourth-order valence-corrected chi connectivity index (χ4v) is 3.46. The summed E-state index contributed by atoms with van der Waals surface area (Å²) in [4.78, 5) is 2.90. The quantitative estimate of drug-likeness (QED) is 0.315. The van der Waals surface area contributed by atoms with Crippen molar-refractivity contribution in [3.05, 3.63) is 10.4 Å². The molecule has 0 saturated heterocycles. The minimum Gasteiger partial charge on any atom is -0.411 e. The Labute approximate surface area is 130 Å². The second kappa shape index (κ2) is 7.14. The van der Waals surface area contributed by atoms with Crippen LogP contribution in [0, 0.1) is 5.92 Å². The largest absolute Gasteiger partial charge is 0.411 e. The van der Waals surface area contributed by atoms with Gasteiger partial charge in [0, 0.05) is 4.91 Å². The van der Waals surface area contributed by atoms with Crippen molar-refractivity contribution in [1.82, 2.24) is 0 Å². The van der Waals surface area contributed by atoms with Crippen LogP contribution in [-0.4, -0.2) is 31.2 Å². The van der Waals surface area contributed by atoms with Gasteiger partial charge in [-0.3, -0.25) is 0 Å². The zero-order valence-electron chi connectivity index (χ0n) is 15.1. The first kappa shape index (κ1) is 20.4. The Balaban J connectivity index is 5.60. The normalized spacial score (nSPS) is 20.1. The number of rotatable bonds is 7. The van der Waals surface area contributed by atoms with E-state index < -0.39 is 26.1 Å². The van der Waals surface area contributed by atoms with Gasteiger partial charge in [0.1, 0.15) is 0 Å². The number of hydrogen-bond acceptors (Lipinski definition) is 3. The zero-order valence-corrected chi connectivity index (χ0v) is 16.1. The standard InChI is InChI=1S/C15H33N3O2Si/c1-10-11(2)15(7,19)13(12(3)17-18-16)20-21(8,9)14(4,5)6/h11-13,19H,10H2,1-9H3/t11-,12-,13-,15-/m1/s1. The smallest absolute Gasteiger partial charge is 0.192 e. The highest BCUT2D eigenvalue weighted by Crippen LogP contribution is 2.40. The summed E-state index contributed by atoms with van der Waals surface area (Å²) in [6.45, 7) is 18.4. The lowest BCUT2D eigenvalue weighted by Gasteiger charge is -2.46. The van der Waals surface area contributed by atoms with Crippen molar-refractivity contribution in [2.24, 2.45) is 11.0 Å². The average molecular weight is 316 g/mol. The summed E-state index contributed by atoms with van der Waals surface area (Å²) in [5, 5.41) is 14.8. The highest BCUT2D eigenvalue weighted by atomic mass is 28.4. The Hall–Kier alpha value is -0.553. The van der Waals surface area contributed by atoms with Crippen molar-refractivity contribution in [3.8, 4) is 0 Å². The van der Waals surface area contributed by atoms with Crippen LogP contribution in [0.3, 0.4) is 0 Å². The van der Waals surface area contributed by atoms with Crippen LogP contribution in [0.15, 0.2) is 5.11 Å². The van der Waals surface area contributed by atoms with Crippen LogP contribution in [0.5, 0.6) is 0 Å². The van der Waals surface area contributed by atoms with E-state index in [-0.39, 0.29) is 11.0 Å². The third-order valence-corrected chi connectivity index (χ3v) is 9.54. The third kappa shape index (κ3) is 4.99. The van der Waals surface area contributed by atoms with Crippen molar-refractivity contribution in [1.29, 1.82) is 0 Å². The number of nitrogens with zero attached hydrogens (tertiary/aromatic N) is 3. The molecule has 5 nitrogen and oxygen atoms in total. The summed E-state index contributed by atoms with van der Waals surface area (Å²) < 4.78 is 6.43. The van der Waals surface area contributed by atoms with E-state index in [9.17, 15) is 5.11 Å². The van der Waals surface area contributed by atoms with E-state index >= 15 is 0 Å². The lowest BCUT2D eigenvalue weighted by atomic mass is 9.81. The topological polar surface area (TPSA) is 78.2 Å². The highest BCUT2D eigenvalue weighted by molar-refractivity contribution is 6.74. The van der Waals surface area contributed by atoms with Gasteiger partial charge in [-0.2, -0.15) is 0 Å². The Kier molecular flexibility index (Phi) is 6.95. The predicted molar refractivity (Wildman–Crippen MR) is 90.8 cm³/mol. The Bertz CT molecular complexity index is 385. The van der Waals surface area contributed by atoms with Crippen molar-refractivity contribution < 1.29 is 9.53 Å². The second-order valence-corrected chi connectivity index (χ2v) is 12.5. The summed E-state index contributed by atoms with van der Waals surface area (Å²) >= 11 is 0.